The summed E-state index contributed by atoms with van der Waals surface area (Å²) in [6.45, 7) is 8.05. The number of ether oxygens (including phenoxy) is 3. The molecule has 1 unspecified atom stereocenters. The zero-order valence-corrected chi connectivity index (χ0v) is 14.9. The van der Waals surface area contributed by atoms with Gasteiger partial charge >= 0.3 is 12.1 Å². The molecular weight excluding hydrogens is 316 g/mol. The number of esters is 1. The lowest BCUT2D eigenvalue weighted by Gasteiger charge is -2.22. The third-order valence-corrected chi connectivity index (χ3v) is 2.83. The van der Waals surface area contributed by atoms with Crippen LogP contribution in [-0.2, 0) is 14.2 Å². The van der Waals surface area contributed by atoms with Crippen molar-refractivity contribution in [3.05, 3.63) is 17.8 Å². The number of nitrogens with zero attached hydrogens (tertiary/aromatic N) is 1. The van der Waals surface area contributed by atoms with Crippen molar-refractivity contribution in [2.24, 2.45) is 0 Å². The third kappa shape index (κ3) is 6.99. The van der Waals surface area contributed by atoms with Crippen LogP contribution in [0.3, 0.4) is 0 Å². The van der Waals surface area contributed by atoms with E-state index in [-0.39, 0.29) is 18.2 Å². The topological polar surface area (TPSA) is 99.9 Å². The first-order chi connectivity index (χ1) is 11.3. The summed E-state index contributed by atoms with van der Waals surface area (Å²) in [5.74, 6) is -0.467. The molecule has 1 heterocycles. The Morgan fingerprint density at radius 3 is 2.67 bits per heavy atom. The molecule has 0 aliphatic rings. The van der Waals surface area contributed by atoms with Crippen molar-refractivity contribution in [3.8, 4) is 0 Å². The predicted octanol–water partition coefficient (Wildman–Crippen LogP) is 2.84. The molecule has 1 amide bonds. The number of aromatic nitrogens is 1. The van der Waals surface area contributed by atoms with Crippen molar-refractivity contribution in [1.29, 1.82) is 0 Å². The first kappa shape index (κ1) is 20.0. The van der Waals surface area contributed by atoms with E-state index in [9.17, 15) is 9.59 Å². The average molecular weight is 342 g/mol. The van der Waals surface area contributed by atoms with E-state index in [2.05, 4.69) is 22.0 Å². The minimum absolute atomic E-state index is 0.0250. The summed E-state index contributed by atoms with van der Waals surface area (Å²) in [4.78, 5) is 27.5. The number of methoxy groups -OCH3 is 1. The van der Waals surface area contributed by atoms with Crippen LogP contribution in [0.4, 0.5) is 4.79 Å². The highest BCUT2D eigenvalue weighted by Gasteiger charge is 2.25. The van der Waals surface area contributed by atoms with E-state index in [0.29, 0.717) is 6.61 Å². The van der Waals surface area contributed by atoms with Crippen molar-refractivity contribution >= 4 is 12.1 Å². The van der Waals surface area contributed by atoms with Gasteiger partial charge in [0, 0.05) is 6.61 Å². The highest BCUT2D eigenvalue weighted by Crippen LogP contribution is 2.16. The molecule has 0 bridgehead atoms. The zero-order valence-electron chi connectivity index (χ0n) is 14.9. The molecule has 0 spiro atoms. The second kappa shape index (κ2) is 9.27. The molecule has 1 atom stereocenters. The van der Waals surface area contributed by atoms with Crippen LogP contribution in [0.1, 0.15) is 63.0 Å². The molecule has 0 aromatic carbocycles. The van der Waals surface area contributed by atoms with E-state index >= 15 is 0 Å². The molecule has 0 aliphatic carbocycles. The molecule has 0 fully saturated rings. The molecule has 1 aromatic heterocycles. The van der Waals surface area contributed by atoms with E-state index in [0.717, 1.165) is 12.8 Å². The maximum Gasteiger partial charge on any atom is 0.408 e. The van der Waals surface area contributed by atoms with Crippen LogP contribution in [0.25, 0.3) is 0 Å². The Kier molecular flexibility index (Phi) is 7.70. The van der Waals surface area contributed by atoms with Crippen molar-refractivity contribution in [3.63, 3.8) is 0 Å². The Bertz CT molecular complexity index is 535. The summed E-state index contributed by atoms with van der Waals surface area (Å²) in [6, 6.07) is -0.671. The largest absolute Gasteiger partial charge is 0.464 e. The fourth-order valence-electron chi connectivity index (χ4n) is 1.72. The Labute approximate surface area is 141 Å². The van der Waals surface area contributed by atoms with Gasteiger partial charge in [0.25, 0.3) is 0 Å². The number of hydrogen-bond donors (Lipinski definition) is 1. The molecule has 1 rings (SSSR count). The molecule has 136 valence electrons. The monoisotopic (exact) mass is 342 g/mol. The number of carbonyl (C=O) groups is 2. The van der Waals surface area contributed by atoms with Crippen LogP contribution < -0.4 is 5.32 Å². The number of alkyl carbamates (subject to hydrolysis) is 1. The molecule has 0 aliphatic heterocycles. The summed E-state index contributed by atoms with van der Waals surface area (Å²) in [6.07, 6.45) is 2.45. The molecule has 0 saturated heterocycles. The summed E-state index contributed by atoms with van der Waals surface area (Å²) in [5.41, 5.74) is -0.608. The highest BCUT2D eigenvalue weighted by molar-refractivity contribution is 5.86. The molecule has 24 heavy (non-hydrogen) atoms. The smallest absolute Gasteiger partial charge is 0.408 e. The van der Waals surface area contributed by atoms with Gasteiger partial charge in [-0.25, -0.2) is 14.6 Å². The van der Waals surface area contributed by atoms with Crippen LogP contribution in [0, 0.1) is 0 Å². The third-order valence-electron chi connectivity index (χ3n) is 2.83. The second-order valence-electron chi connectivity index (χ2n) is 6.19. The number of hydrogen-bond acceptors (Lipinski definition) is 7. The zero-order chi connectivity index (χ0) is 18.2. The van der Waals surface area contributed by atoms with Crippen molar-refractivity contribution in [1.82, 2.24) is 10.3 Å². The first-order valence-corrected chi connectivity index (χ1v) is 7.87. The molecule has 8 heteroatoms. The molecule has 1 aromatic rings. The Balaban J connectivity index is 2.78. The van der Waals surface area contributed by atoms with E-state index in [1.807, 2.05) is 0 Å². The lowest BCUT2D eigenvalue weighted by Crippen LogP contribution is -2.37. The van der Waals surface area contributed by atoms with Crippen LogP contribution in [0.5, 0.6) is 0 Å². The van der Waals surface area contributed by atoms with Gasteiger partial charge in [0.1, 0.15) is 17.9 Å². The summed E-state index contributed by atoms with van der Waals surface area (Å²) in [5, 5.41) is 2.64. The van der Waals surface area contributed by atoms with Gasteiger partial charge in [-0.1, -0.05) is 13.3 Å². The van der Waals surface area contributed by atoms with Gasteiger partial charge < -0.3 is 23.9 Å². The maximum absolute atomic E-state index is 12.0. The van der Waals surface area contributed by atoms with E-state index in [1.54, 1.807) is 20.8 Å². The summed E-state index contributed by atoms with van der Waals surface area (Å²) < 4.78 is 20.6. The van der Waals surface area contributed by atoms with Gasteiger partial charge in [-0.05, 0) is 27.2 Å². The fraction of sp³-hybridized carbons (Fsp3) is 0.688. The van der Waals surface area contributed by atoms with E-state index in [4.69, 9.17) is 13.9 Å². The van der Waals surface area contributed by atoms with Gasteiger partial charge in [-0.15, -0.1) is 0 Å². The van der Waals surface area contributed by atoms with Gasteiger partial charge in [0.2, 0.25) is 5.89 Å². The normalized spacial score (nSPS) is 12.5. The lowest BCUT2D eigenvalue weighted by atomic mass is 10.2. The van der Waals surface area contributed by atoms with Crippen LogP contribution >= 0.6 is 0 Å². The van der Waals surface area contributed by atoms with Crippen LogP contribution in [0.2, 0.25) is 0 Å². The van der Waals surface area contributed by atoms with Gasteiger partial charge in [0.05, 0.1) is 13.7 Å². The molecule has 0 saturated carbocycles. The SMILES string of the molecule is CCCCOCC(NC(=O)OC(C)(C)C)c1nc(C(=O)OC)co1. The second-order valence-corrected chi connectivity index (χ2v) is 6.19. The molecule has 8 nitrogen and oxygen atoms in total. The quantitative estimate of drug-likeness (QED) is 0.572. The number of oxazole rings is 1. The van der Waals surface area contributed by atoms with E-state index < -0.39 is 23.7 Å². The first-order valence-electron chi connectivity index (χ1n) is 7.87. The summed E-state index contributed by atoms with van der Waals surface area (Å²) in [7, 11) is 1.25. The fourth-order valence-corrected chi connectivity index (χ4v) is 1.72. The minimum Gasteiger partial charge on any atom is -0.464 e. The van der Waals surface area contributed by atoms with Crippen molar-refractivity contribution < 1.29 is 28.2 Å². The van der Waals surface area contributed by atoms with Gasteiger partial charge in [-0.3, -0.25) is 0 Å². The Morgan fingerprint density at radius 1 is 1.38 bits per heavy atom. The number of carbonyl (C=O) groups excluding carboxylic acids is 2. The number of amides is 1. The van der Waals surface area contributed by atoms with Gasteiger partial charge in [-0.2, -0.15) is 0 Å². The Morgan fingerprint density at radius 2 is 2.08 bits per heavy atom. The predicted molar refractivity (Wildman–Crippen MR) is 85.7 cm³/mol. The molecule has 1 N–H and O–H groups in total. The van der Waals surface area contributed by atoms with Crippen LogP contribution in [0.15, 0.2) is 10.7 Å². The lowest BCUT2D eigenvalue weighted by molar-refractivity contribution is 0.0418. The number of rotatable bonds is 8. The highest BCUT2D eigenvalue weighted by atomic mass is 16.6. The molecule has 0 radical (unpaired) electrons. The van der Waals surface area contributed by atoms with Gasteiger partial charge in [0.15, 0.2) is 5.69 Å². The van der Waals surface area contributed by atoms with E-state index in [1.165, 1.54) is 13.4 Å². The molecular formula is C16H26N2O6. The standard InChI is InChI=1S/C16H26N2O6/c1-6-7-8-22-9-11(18-15(20)24-16(2,3)4)13-17-12(10-23-13)14(19)21-5/h10-11H,6-9H2,1-5H3,(H,18,20). The summed E-state index contributed by atoms with van der Waals surface area (Å²) >= 11 is 0. The maximum atomic E-state index is 12.0. The van der Waals surface area contributed by atoms with Crippen LogP contribution in [-0.4, -0.2) is 43.0 Å². The number of nitrogens with one attached hydrogen (secondary N) is 1. The van der Waals surface area contributed by atoms with Crippen molar-refractivity contribution in [2.45, 2.75) is 52.2 Å². The average Bonchev–Trinajstić information content (AvgIpc) is 2.97. The number of unbranched alkanes of at least 4 members (excludes halogenated alkanes) is 1. The Hall–Kier alpha value is -2.09. The minimum atomic E-state index is -0.671. The van der Waals surface area contributed by atoms with Crippen molar-refractivity contribution in [2.75, 3.05) is 20.3 Å².